The molecule has 4 rings (SSSR count). The largest absolute Gasteiger partial charge is 0.294 e. The summed E-state index contributed by atoms with van der Waals surface area (Å²) >= 11 is 7.73. The Labute approximate surface area is 184 Å². The van der Waals surface area contributed by atoms with Gasteiger partial charge >= 0.3 is 0 Å². The average molecular weight is 434 g/mol. The van der Waals surface area contributed by atoms with Gasteiger partial charge < -0.3 is 0 Å². The third-order valence-corrected chi connectivity index (χ3v) is 6.47. The van der Waals surface area contributed by atoms with E-state index >= 15 is 0 Å². The van der Waals surface area contributed by atoms with Gasteiger partial charge in [0.15, 0.2) is 5.78 Å². The minimum absolute atomic E-state index is 0.0550. The van der Waals surface area contributed by atoms with E-state index in [1.54, 1.807) is 47.0 Å². The third kappa shape index (κ3) is 4.99. The second-order valence-corrected chi connectivity index (χ2v) is 8.51. The third-order valence-electron chi connectivity index (χ3n) is 4.82. The van der Waals surface area contributed by atoms with Crippen molar-refractivity contribution in [2.45, 2.75) is 16.7 Å². The topological polar surface area (TPSA) is 47.8 Å². The van der Waals surface area contributed by atoms with Gasteiger partial charge in [0.1, 0.15) is 12.7 Å². The molecule has 0 aliphatic carbocycles. The quantitative estimate of drug-likeness (QED) is 0.254. The van der Waals surface area contributed by atoms with Crippen molar-refractivity contribution in [2.24, 2.45) is 5.92 Å². The highest BCUT2D eigenvalue weighted by atomic mass is 35.5. The Morgan fingerprint density at radius 2 is 1.60 bits per heavy atom. The second-order valence-electron chi connectivity index (χ2n) is 6.86. The van der Waals surface area contributed by atoms with Crippen LogP contribution in [0.3, 0.4) is 0 Å². The Morgan fingerprint density at radius 1 is 0.933 bits per heavy atom. The summed E-state index contributed by atoms with van der Waals surface area (Å²) in [5.74, 6) is -0.292. The predicted molar refractivity (Wildman–Crippen MR) is 121 cm³/mol. The molecule has 0 N–H and O–H groups in total. The number of benzene rings is 3. The number of ketones is 1. The van der Waals surface area contributed by atoms with Gasteiger partial charge in [-0.15, -0.1) is 11.8 Å². The van der Waals surface area contributed by atoms with Crippen LogP contribution in [0.5, 0.6) is 0 Å². The second kappa shape index (κ2) is 9.74. The Kier molecular flexibility index (Phi) is 6.62. The first-order valence-electron chi connectivity index (χ1n) is 9.59. The summed E-state index contributed by atoms with van der Waals surface area (Å²) in [6, 6.07) is 27.4. The van der Waals surface area contributed by atoms with E-state index in [1.165, 1.54) is 6.33 Å². The van der Waals surface area contributed by atoms with E-state index in [-0.39, 0.29) is 17.0 Å². The molecule has 30 heavy (non-hydrogen) atoms. The summed E-state index contributed by atoms with van der Waals surface area (Å²) in [6.07, 6.45) is 3.14. The highest BCUT2D eigenvalue weighted by Gasteiger charge is 2.32. The van der Waals surface area contributed by atoms with Crippen molar-refractivity contribution in [1.29, 1.82) is 0 Å². The van der Waals surface area contributed by atoms with Gasteiger partial charge in [-0.05, 0) is 42.0 Å². The Hall–Kier alpha value is -2.89. The van der Waals surface area contributed by atoms with E-state index in [0.717, 1.165) is 10.5 Å². The Balaban J connectivity index is 1.75. The summed E-state index contributed by atoms with van der Waals surface area (Å²) in [5.41, 5.74) is 1.73. The van der Waals surface area contributed by atoms with Crippen molar-refractivity contribution in [3.63, 3.8) is 0 Å². The molecule has 0 fully saturated rings. The molecule has 150 valence electrons. The highest BCUT2D eigenvalue weighted by molar-refractivity contribution is 7.99. The number of carbonyl (C=O) groups excluding carboxylic acids is 1. The van der Waals surface area contributed by atoms with Crippen LogP contribution in [0.15, 0.2) is 102 Å². The van der Waals surface area contributed by atoms with Gasteiger partial charge in [-0.1, -0.05) is 60.1 Å². The first-order chi connectivity index (χ1) is 14.7. The monoisotopic (exact) mass is 433 g/mol. The van der Waals surface area contributed by atoms with Gasteiger partial charge in [0.2, 0.25) is 0 Å². The molecule has 0 unspecified atom stereocenters. The van der Waals surface area contributed by atoms with Crippen molar-refractivity contribution in [2.75, 3.05) is 0 Å². The van der Waals surface area contributed by atoms with Crippen LogP contribution < -0.4 is 0 Å². The van der Waals surface area contributed by atoms with Gasteiger partial charge in [0.25, 0.3) is 0 Å². The zero-order chi connectivity index (χ0) is 20.8. The van der Waals surface area contributed by atoms with Gasteiger partial charge in [0.05, 0.1) is 12.5 Å². The molecular weight excluding hydrogens is 414 g/mol. The van der Waals surface area contributed by atoms with E-state index in [0.29, 0.717) is 17.1 Å². The minimum atomic E-state index is -0.347. The maximum atomic E-state index is 13.7. The number of hydrogen-bond acceptors (Lipinski definition) is 4. The zero-order valence-corrected chi connectivity index (χ0v) is 17.7. The van der Waals surface area contributed by atoms with E-state index in [4.69, 9.17) is 11.6 Å². The molecule has 6 heteroatoms. The molecule has 4 nitrogen and oxygen atoms in total. The van der Waals surface area contributed by atoms with E-state index in [1.807, 2.05) is 36.4 Å². The summed E-state index contributed by atoms with van der Waals surface area (Å²) in [4.78, 5) is 18.8. The summed E-state index contributed by atoms with van der Waals surface area (Å²) in [7, 11) is 0. The van der Waals surface area contributed by atoms with Crippen molar-refractivity contribution in [1.82, 2.24) is 14.8 Å². The summed E-state index contributed by atoms with van der Waals surface area (Å²) in [5, 5.41) is 4.76. The lowest BCUT2D eigenvalue weighted by atomic mass is 9.90. The molecule has 1 aromatic heterocycles. The number of thioether (sulfide) groups is 1. The van der Waals surface area contributed by atoms with Crippen LogP contribution in [0.4, 0.5) is 0 Å². The van der Waals surface area contributed by atoms with E-state index in [2.05, 4.69) is 34.3 Å². The van der Waals surface area contributed by atoms with Crippen molar-refractivity contribution in [3.05, 3.63) is 114 Å². The van der Waals surface area contributed by atoms with Crippen LogP contribution in [0, 0.1) is 5.92 Å². The maximum absolute atomic E-state index is 13.7. The van der Waals surface area contributed by atoms with Crippen molar-refractivity contribution >= 4 is 29.1 Å². The molecule has 0 amide bonds. The standard InChI is InChI=1S/C24H20ClN3OS/c25-20-13-11-18(12-14-20)23(29)22(15-28-17-26-16-27-28)24(19-7-3-1-4-8-19)30-21-9-5-2-6-10-21/h1-14,16-17,22,24H,15H2/t22-,24-/m1/s1. The van der Waals surface area contributed by atoms with E-state index < -0.39 is 0 Å². The zero-order valence-electron chi connectivity index (χ0n) is 16.1. The van der Waals surface area contributed by atoms with Crippen LogP contribution in [0.2, 0.25) is 5.02 Å². The molecule has 0 saturated heterocycles. The maximum Gasteiger partial charge on any atom is 0.169 e. The first kappa shape index (κ1) is 20.4. The van der Waals surface area contributed by atoms with E-state index in [9.17, 15) is 4.79 Å². The molecule has 0 saturated carbocycles. The average Bonchev–Trinajstić information content (AvgIpc) is 3.31. The number of nitrogens with zero attached hydrogens (tertiary/aromatic N) is 3. The smallest absolute Gasteiger partial charge is 0.169 e. The molecular formula is C24H20ClN3OS. The fourth-order valence-electron chi connectivity index (χ4n) is 3.34. The Bertz CT molecular complexity index is 1070. The number of Topliss-reactive ketones (excluding diaryl/α,β-unsaturated/α-hetero) is 1. The molecule has 0 aliphatic rings. The van der Waals surface area contributed by atoms with Gasteiger partial charge in [-0.25, -0.2) is 4.98 Å². The van der Waals surface area contributed by atoms with Gasteiger partial charge in [-0.3, -0.25) is 9.48 Å². The highest BCUT2D eigenvalue weighted by Crippen LogP contribution is 2.42. The van der Waals surface area contributed by atoms with Crippen LogP contribution in [-0.4, -0.2) is 20.5 Å². The Morgan fingerprint density at radius 3 is 2.23 bits per heavy atom. The van der Waals surface area contributed by atoms with Crippen LogP contribution >= 0.6 is 23.4 Å². The van der Waals surface area contributed by atoms with Crippen molar-refractivity contribution in [3.8, 4) is 0 Å². The number of halogens is 1. The minimum Gasteiger partial charge on any atom is -0.294 e. The lowest BCUT2D eigenvalue weighted by Crippen LogP contribution is -2.26. The van der Waals surface area contributed by atoms with Crippen LogP contribution in [-0.2, 0) is 6.54 Å². The first-order valence-corrected chi connectivity index (χ1v) is 10.9. The lowest BCUT2D eigenvalue weighted by molar-refractivity contribution is 0.0901. The molecule has 4 aromatic rings. The molecule has 1 heterocycles. The molecule has 0 bridgehead atoms. The van der Waals surface area contributed by atoms with Gasteiger partial charge in [-0.2, -0.15) is 5.10 Å². The van der Waals surface area contributed by atoms with Crippen LogP contribution in [0.25, 0.3) is 0 Å². The lowest BCUT2D eigenvalue weighted by Gasteiger charge is -2.26. The number of carbonyl (C=O) groups is 1. The molecule has 3 aromatic carbocycles. The van der Waals surface area contributed by atoms with Crippen LogP contribution in [0.1, 0.15) is 21.2 Å². The molecule has 0 spiro atoms. The van der Waals surface area contributed by atoms with Crippen molar-refractivity contribution < 1.29 is 4.79 Å². The normalized spacial score (nSPS) is 13.0. The summed E-state index contributed by atoms with van der Waals surface area (Å²) in [6.45, 7) is 0.431. The number of aromatic nitrogens is 3. The number of rotatable bonds is 8. The summed E-state index contributed by atoms with van der Waals surface area (Å²) < 4.78 is 1.72. The fourth-order valence-corrected chi connectivity index (χ4v) is 4.74. The number of hydrogen-bond donors (Lipinski definition) is 0. The SMILES string of the molecule is O=C(c1ccc(Cl)cc1)[C@@H](Cn1cncn1)[C@H](Sc1ccccc1)c1ccccc1. The molecule has 0 radical (unpaired) electrons. The predicted octanol–water partition coefficient (Wildman–Crippen LogP) is 5.96. The fraction of sp³-hybridized carbons (Fsp3) is 0.125. The van der Waals surface area contributed by atoms with Gasteiger partial charge in [0, 0.05) is 20.7 Å². The molecule has 2 atom stereocenters. The molecule has 0 aliphatic heterocycles.